The Kier molecular flexibility index (Phi) is 3.36. The van der Waals surface area contributed by atoms with E-state index < -0.39 is 5.82 Å². The van der Waals surface area contributed by atoms with Crippen LogP contribution in [0, 0.1) is 5.82 Å². The van der Waals surface area contributed by atoms with Gasteiger partial charge in [-0.15, -0.1) is 0 Å². The zero-order chi connectivity index (χ0) is 14.3. The van der Waals surface area contributed by atoms with Crippen LogP contribution in [0.25, 0.3) is 10.9 Å². The molecule has 0 saturated carbocycles. The molecule has 0 bridgehead atoms. The van der Waals surface area contributed by atoms with Crippen LogP contribution < -0.4 is 0 Å². The molecule has 1 aromatic heterocycles. The van der Waals surface area contributed by atoms with Crippen LogP contribution in [-0.4, -0.2) is 10.8 Å². The second-order valence-corrected chi connectivity index (χ2v) is 5.67. The monoisotopic (exact) mass is 351 g/mol. The predicted molar refractivity (Wildman–Crippen MR) is 80.8 cm³/mol. The molecule has 0 aliphatic heterocycles. The van der Waals surface area contributed by atoms with Gasteiger partial charge in [0.15, 0.2) is 5.78 Å². The molecular formula is C15H8BrClFNO. The fraction of sp³-hybridized carbons (Fsp3) is 0. The maximum atomic E-state index is 13.4. The molecule has 100 valence electrons. The van der Waals surface area contributed by atoms with E-state index >= 15 is 0 Å². The van der Waals surface area contributed by atoms with E-state index in [0.29, 0.717) is 20.4 Å². The number of nitrogens with one attached hydrogen (secondary N) is 1. The lowest BCUT2D eigenvalue weighted by Crippen LogP contribution is -2.01. The number of carbonyl (C=O) groups is 1. The molecule has 0 spiro atoms. The average Bonchev–Trinajstić information content (AvgIpc) is 2.82. The lowest BCUT2D eigenvalue weighted by molar-refractivity contribution is 0.104. The Bertz CT molecular complexity index is 808. The predicted octanol–water partition coefficient (Wildman–Crippen LogP) is 4.95. The van der Waals surface area contributed by atoms with Crippen LogP contribution in [0.15, 0.2) is 47.1 Å². The van der Waals surface area contributed by atoms with Crippen molar-refractivity contribution in [3.63, 3.8) is 0 Å². The highest BCUT2D eigenvalue weighted by molar-refractivity contribution is 9.10. The third-order valence-electron chi connectivity index (χ3n) is 3.02. The number of fused-ring (bicyclic) bond motifs is 1. The van der Waals surface area contributed by atoms with Crippen molar-refractivity contribution in [2.24, 2.45) is 0 Å². The fourth-order valence-corrected chi connectivity index (χ4v) is 2.90. The van der Waals surface area contributed by atoms with E-state index in [1.54, 1.807) is 24.4 Å². The Hall–Kier alpha value is -1.65. The third kappa shape index (κ3) is 2.25. The molecule has 1 heterocycles. The second kappa shape index (κ2) is 5.04. The van der Waals surface area contributed by atoms with Gasteiger partial charge in [-0.1, -0.05) is 33.6 Å². The molecule has 5 heteroatoms. The first-order valence-electron chi connectivity index (χ1n) is 5.82. The number of rotatable bonds is 2. The molecule has 0 fully saturated rings. The van der Waals surface area contributed by atoms with Crippen molar-refractivity contribution in [3.8, 4) is 0 Å². The van der Waals surface area contributed by atoms with Gasteiger partial charge in [-0.05, 0) is 30.3 Å². The summed E-state index contributed by atoms with van der Waals surface area (Å²) in [6.07, 6.45) is 1.59. The Morgan fingerprint density at radius 2 is 2.05 bits per heavy atom. The molecule has 0 radical (unpaired) electrons. The van der Waals surface area contributed by atoms with E-state index in [1.165, 1.54) is 12.1 Å². The molecule has 2 aromatic carbocycles. The van der Waals surface area contributed by atoms with Crippen molar-refractivity contribution in [2.75, 3.05) is 0 Å². The first-order valence-corrected chi connectivity index (χ1v) is 7.00. The lowest BCUT2D eigenvalue weighted by Gasteiger charge is -2.02. The quantitative estimate of drug-likeness (QED) is 0.650. The summed E-state index contributed by atoms with van der Waals surface area (Å²) >= 11 is 9.32. The molecule has 0 unspecified atom stereocenters. The molecule has 3 rings (SSSR count). The standard InChI is InChI=1S/C15H8BrClFNO/c16-9-4-8(5-10(18)6-9)15(20)11-7-19-13-3-1-2-12(17)14(11)13/h1-7,19H. The number of H-pyrrole nitrogens is 1. The molecule has 0 atom stereocenters. The van der Waals surface area contributed by atoms with Gasteiger partial charge in [0.1, 0.15) is 5.82 Å². The SMILES string of the molecule is O=C(c1cc(F)cc(Br)c1)c1c[nH]c2cccc(Cl)c12. The summed E-state index contributed by atoms with van der Waals surface area (Å²) in [6, 6.07) is 9.45. The van der Waals surface area contributed by atoms with E-state index in [9.17, 15) is 9.18 Å². The van der Waals surface area contributed by atoms with E-state index in [0.717, 1.165) is 5.52 Å². The summed E-state index contributed by atoms with van der Waals surface area (Å²) in [5, 5.41) is 1.14. The molecule has 0 aliphatic carbocycles. The maximum Gasteiger partial charge on any atom is 0.195 e. The molecule has 0 saturated heterocycles. The van der Waals surface area contributed by atoms with Crippen LogP contribution in [0.5, 0.6) is 0 Å². The molecule has 0 aliphatic rings. The molecular weight excluding hydrogens is 345 g/mol. The van der Waals surface area contributed by atoms with Crippen LogP contribution in [0.2, 0.25) is 5.02 Å². The van der Waals surface area contributed by atoms with Gasteiger partial charge in [0.05, 0.1) is 5.02 Å². The van der Waals surface area contributed by atoms with Gasteiger partial charge in [-0.2, -0.15) is 0 Å². The molecule has 3 aromatic rings. The van der Waals surface area contributed by atoms with Gasteiger partial charge in [0.2, 0.25) is 0 Å². The summed E-state index contributed by atoms with van der Waals surface area (Å²) in [5.74, 6) is -0.738. The third-order valence-corrected chi connectivity index (χ3v) is 3.80. The first-order chi connectivity index (χ1) is 9.56. The smallest absolute Gasteiger partial charge is 0.195 e. The van der Waals surface area contributed by atoms with Gasteiger partial charge in [-0.3, -0.25) is 4.79 Å². The van der Waals surface area contributed by atoms with E-state index in [-0.39, 0.29) is 11.3 Å². The molecule has 0 amide bonds. The number of ketones is 1. The number of carbonyl (C=O) groups excluding carboxylic acids is 1. The number of hydrogen-bond acceptors (Lipinski definition) is 1. The lowest BCUT2D eigenvalue weighted by atomic mass is 10.0. The summed E-state index contributed by atoms with van der Waals surface area (Å²) in [6.45, 7) is 0. The minimum absolute atomic E-state index is 0.274. The summed E-state index contributed by atoms with van der Waals surface area (Å²) in [4.78, 5) is 15.5. The second-order valence-electron chi connectivity index (χ2n) is 4.35. The Morgan fingerprint density at radius 1 is 1.25 bits per heavy atom. The molecule has 20 heavy (non-hydrogen) atoms. The van der Waals surface area contributed by atoms with E-state index in [4.69, 9.17) is 11.6 Å². The number of halogens is 3. The summed E-state index contributed by atoms with van der Waals surface area (Å²) < 4.78 is 13.9. The minimum Gasteiger partial charge on any atom is -0.360 e. The van der Waals surface area contributed by atoms with Crippen LogP contribution >= 0.6 is 27.5 Å². The van der Waals surface area contributed by atoms with Crippen LogP contribution in [0.3, 0.4) is 0 Å². The van der Waals surface area contributed by atoms with Crippen molar-refractivity contribution >= 4 is 44.2 Å². The Balaban J connectivity index is 2.18. The number of aromatic amines is 1. The van der Waals surface area contributed by atoms with Crippen molar-refractivity contribution in [2.45, 2.75) is 0 Å². The highest BCUT2D eigenvalue weighted by Crippen LogP contribution is 2.28. The normalized spacial score (nSPS) is 10.9. The van der Waals surface area contributed by atoms with Crippen molar-refractivity contribution in [3.05, 3.63) is 69.0 Å². The van der Waals surface area contributed by atoms with Crippen LogP contribution in [0.4, 0.5) is 4.39 Å². The first kappa shape index (κ1) is 13.3. The van der Waals surface area contributed by atoms with Gasteiger partial charge in [-0.25, -0.2) is 4.39 Å². The van der Waals surface area contributed by atoms with Crippen LogP contribution in [0.1, 0.15) is 15.9 Å². The fourth-order valence-electron chi connectivity index (χ4n) is 2.16. The molecule has 1 N–H and O–H groups in total. The van der Waals surface area contributed by atoms with E-state index in [2.05, 4.69) is 20.9 Å². The van der Waals surface area contributed by atoms with E-state index in [1.807, 2.05) is 6.07 Å². The van der Waals surface area contributed by atoms with Gasteiger partial charge in [0, 0.05) is 32.7 Å². The highest BCUT2D eigenvalue weighted by Gasteiger charge is 2.17. The van der Waals surface area contributed by atoms with Crippen molar-refractivity contribution in [1.29, 1.82) is 0 Å². The van der Waals surface area contributed by atoms with Gasteiger partial charge < -0.3 is 4.98 Å². The number of benzene rings is 2. The zero-order valence-corrected chi connectivity index (χ0v) is 12.4. The van der Waals surface area contributed by atoms with Gasteiger partial charge in [0.25, 0.3) is 0 Å². The number of hydrogen-bond donors (Lipinski definition) is 1. The Morgan fingerprint density at radius 3 is 2.80 bits per heavy atom. The number of aromatic nitrogens is 1. The summed E-state index contributed by atoms with van der Waals surface area (Å²) in [5.41, 5.74) is 1.48. The highest BCUT2D eigenvalue weighted by atomic mass is 79.9. The van der Waals surface area contributed by atoms with Crippen LogP contribution in [-0.2, 0) is 0 Å². The molecule has 2 nitrogen and oxygen atoms in total. The topological polar surface area (TPSA) is 32.9 Å². The van der Waals surface area contributed by atoms with Crippen molar-refractivity contribution in [1.82, 2.24) is 4.98 Å². The average molecular weight is 353 g/mol. The Labute approximate surface area is 127 Å². The van der Waals surface area contributed by atoms with Crippen molar-refractivity contribution < 1.29 is 9.18 Å². The zero-order valence-electron chi connectivity index (χ0n) is 10.1. The van der Waals surface area contributed by atoms with Gasteiger partial charge >= 0.3 is 0 Å². The summed E-state index contributed by atoms with van der Waals surface area (Å²) in [7, 11) is 0. The maximum absolute atomic E-state index is 13.4. The minimum atomic E-state index is -0.464. The largest absolute Gasteiger partial charge is 0.360 e.